The van der Waals surface area contributed by atoms with E-state index in [-0.39, 0.29) is 24.4 Å². The number of guanidine groups is 1. The molecular formula is C20H30ClN5O2. The largest absolute Gasteiger partial charge is 0.356 e. The molecule has 0 spiro atoms. The smallest absolute Gasteiger partial charge is 0.242 e. The standard InChI is InChI=1S/C20H30ClN5O2/c1-4-15(2)24-18(27)9-10-23-20(22-3)26-12-11-25(19(28)14-26)13-16-5-7-17(21)8-6-16/h5-8,15H,4,9-14H2,1-3H3,(H,22,23)(H,24,27). The van der Waals surface area contributed by atoms with Gasteiger partial charge in [0, 0.05) is 50.7 Å². The van der Waals surface area contributed by atoms with E-state index in [1.807, 2.05) is 47.9 Å². The van der Waals surface area contributed by atoms with Crippen molar-refractivity contribution < 1.29 is 9.59 Å². The Morgan fingerprint density at radius 1 is 1.29 bits per heavy atom. The molecule has 0 saturated carbocycles. The zero-order valence-electron chi connectivity index (χ0n) is 16.9. The number of carbonyl (C=O) groups is 2. The van der Waals surface area contributed by atoms with Crippen LogP contribution < -0.4 is 10.6 Å². The van der Waals surface area contributed by atoms with Gasteiger partial charge in [0.2, 0.25) is 11.8 Å². The van der Waals surface area contributed by atoms with Crippen LogP contribution in [-0.4, -0.2) is 66.8 Å². The van der Waals surface area contributed by atoms with Crippen LogP contribution in [0.1, 0.15) is 32.3 Å². The molecule has 8 heteroatoms. The number of hydrogen-bond acceptors (Lipinski definition) is 3. The number of carbonyl (C=O) groups excluding carboxylic acids is 2. The molecule has 1 saturated heterocycles. The van der Waals surface area contributed by atoms with Gasteiger partial charge in [-0.05, 0) is 31.0 Å². The van der Waals surface area contributed by atoms with Crippen LogP contribution in [0.25, 0.3) is 0 Å². The van der Waals surface area contributed by atoms with Gasteiger partial charge in [0.15, 0.2) is 5.96 Å². The van der Waals surface area contributed by atoms with Crippen molar-refractivity contribution in [2.45, 2.75) is 39.3 Å². The minimum Gasteiger partial charge on any atom is -0.356 e. The third kappa shape index (κ3) is 6.71. The lowest BCUT2D eigenvalue weighted by atomic mass is 10.2. The number of halogens is 1. The van der Waals surface area contributed by atoms with Gasteiger partial charge < -0.3 is 20.4 Å². The summed E-state index contributed by atoms with van der Waals surface area (Å²) in [7, 11) is 1.69. The summed E-state index contributed by atoms with van der Waals surface area (Å²) in [5, 5.41) is 6.81. The molecule has 1 unspecified atom stereocenters. The summed E-state index contributed by atoms with van der Waals surface area (Å²) in [5.74, 6) is 0.718. The van der Waals surface area contributed by atoms with Crippen LogP contribution in [0.4, 0.5) is 0 Å². The van der Waals surface area contributed by atoms with Gasteiger partial charge in [-0.3, -0.25) is 14.6 Å². The molecule has 28 heavy (non-hydrogen) atoms. The van der Waals surface area contributed by atoms with Gasteiger partial charge in [0.05, 0.1) is 6.54 Å². The van der Waals surface area contributed by atoms with Crippen molar-refractivity contribution in [1.82, 2.24) is 20.4 Å². The van der Waals surface area contributed by atoms with Crippen LogP contribution in [0, 0.1) is 0 Å². The third-order valence-electron chi connectivity index (χ3n) is 4.77. The first-order valence-electron chi connectivity index (χ1n) is 9.70. The predicted molar refractivity (Wildman–Crippen MR) is 112 cm³/mol. The molecule has 7 nitrogen and oxygen atoms in total. The number of nitrogens with one attached hydrogen (secondary N) is 2. The summed E-state index contributed by atoms with van der Waals surface area (Å²) >= 11 is 5.91. The first kappa shape index (κ1) is 22.0. The molecular weight excluding hydrogens is 378 g/mol. The Morgan fingerprint density at radius 3 is 2.61 bits per heavy atom. The molecule has 0 bridgehead atoms. The van der Waals surface area contributed by atoms with Gasteiger partial charge in [-0.15, -0.1) is 0 Å². The van der Waals surface area contributed by atoms with E-state index in [0.29, 0.717) is 43.6 Å². The monoisotopic (exact) mass is 407 g/mol. The Kier molecular flexibility index (Phi) is 8.57. The van der Waals surface area contributed by atoms with Crippen molar-refractivity contribution in [2.75, 3.05) is 33.2 Å². The Labute approximate surface area is 172 Å². The van der Waals surface area contributed by atoms with Gasteiger partial charge in [-0.1, -0.05) is 30.7 Å². The lowest BCUT2D eigenvalue weighted by Crippen LogP contribution is -2.55. The normalized spacial score (nSPS) is 16.1. The Balaban J connectivity index is 1.79. The SMILES string of the molecule is CCC(C)NC(=O)CCNC(=NC)N1CCN(Cc2ccc(Cl)cc2)C(=O)C1. The topological polar surface area (TPSA) is 77.0 Å². The van der Waals surface area contributed by atoms with Crippen molar-refractivity contribution in [3.63, 3.8) is 0 Å². The fourth-order valence-electron chi connectivity index (χ4n) is 2.94. The molecule has 1 aliphatic rings. The van der Waals surface area contributed by atoms with Crippen molar-refractivity contribution >= 4 is 29.4 Å². The molecule has 2 rings (SSSR count). The quantitative estimate of drug-likeness (QED) is 0.534. The average molecular weight is 408 g/mol. The summed E-state index contributed by atoms with van der Waals surface area (Å²) in [5.41, 5.74) is 1.06. The second-order valence-corrected chi connectivity index (χ2v) is 7.40. The minimum atomic E-state index is 0.0150. The highest BCUT2D eigenvalue weighted by Gasteiger charge is 2.26. The summed E-state index contributed by atoms with van der Waals surface area (Å²) in [4.78, 5) is 32.4. The van der Waals surface area contributed by atoms with E-state index >= 15 is 0 Å². The van der Waals surface area contributed by atoms with Gasteiger partial charge in [-0.2, -0.15) is 0 Å². The molecule has 154 valence electrons. The van der Waals surface area contributed by atoms with Gasteiger partial charge in [-0.25, -0.2) is 0 Å². The first-order valence-corrected chi connectivity index (χ1v) is 10.1. The summed E-state index contributed by atoms with van der Waals surface area (Å²) in [6.45, 7) is 6.66. The molecule has 0 radical (unpaired) electrons. The maximum absolute atomic E-state index is 12.5. The van der Waals surface area contributed by atoms with Crippen molar-refractivity contribution in [3.05, 3.63) is 34.9 Å². The molecule has 1 aromatic carbocycles. The lowest BCUT2D eigenvalue weighted by Gasteiger charge is -2.36. The summed E-state index contributed by atoms with van der Waals surface area (Å²) in [6.07, 6.45) is 1.27. The maximum atomic E-state index is 12.5. The summed E-state index contributed by atoms with van der Waals surface area (Å²) < 4.78 is 0. The molecule has 1 heterocycles. The van der Waals surface area contributed by atoms with Crippen molar-refractivity contribution in [1.29, 1.82) is 0 Å². The van der Waals surface area contributed by atoms with Crippen LogP contribution >= 0.6 is 11.6 Å². The van der Waals surface area contributed by atoms with E-state index in [4.69, 9.17) is 11.6 Å². The van der Waals surface area contributed by atoms with Crippen LogP contribution in [0.5, 0.6) is 0 Å². The molecule has 1 aromatic rings. The number of nitrogens with zero attached hydrogens (tertiary/aromatic N) is 3. The van der Waals surface area contributed by atoms with E-state index in [2.05, 4.69) is 15.6 Å². The number of amides is 2. The van der Waals surface area contributed by atoms with Gasteiger partial charge >= 0.3 is 0 Å². The Hall–Kier alpha value is -2.28. The van der Waals surface area contributed by atoms with E-state index < -0.39 is 0 Å². The molecule has 2 N–H and O–H groups in total. The zero-order valence-corrected chi connectivity index (χ0v) is 17.6. The average Bonchev–Trinajstić information content (AvgIpc) is 2.68. The predicted octanol–water partition coefficient (Wildman–Crippen LogP) is 1.86. The Morgan fingerprint density at radius 2 is 2.00 bits per heavy atom. The molecule has 1 atom stereocenters. The highest BCUT2D eigenvalue weighted by molar-refractivity contribution is 6.30. The molecule has 1 fully saturated rings. The lowest BCUT2D eigenvalue weighted by molar-refractivity contribution is -0.135. The van der Waals surface area contributed by atoms with Crippen LogP contribution in [0.15, 0.2) is 29.3 Å². The van der Waals surface area contributed by atoms with E-state index in [1.54, 1.807) is 7.05 Å². The van der Waals surface area contributed by atoms with Crippen molar-refractivity contribution in [3.8, 4) is 0 Å². The maximum Gasteiger partial charge on any atom is 0.242 e. The highest BCUT2D eigenvalue weighted by atomic mass is 35.5. The van der Waals surface area contributed by atoms with Crippen molar-refractivity contribution in [2.24, 2.45) is 4.99 Å². The molecule has 2 amide bonds. The Bertz CT molecular complexity index is 692. The first-order chi connectivity index (χ1) is 13.4. The van der Waals surface area contributed by atoms with Crippen LogP contribution in [0.2, 0.25) is 5.02 Å². The summed E-state index contributed by atoms with van der Waals surface area (Å²) in [6, 6.07) is 7.72. The van der Waals surface area contributed by atoms with E-state index in [0.717, 1.165) is 12.0 Å². The number of hydrogen-bond donors (Lipinski definition) is 2. The number of piperazine rings is 1. The minimum absolute atomic E-state index is 0.0150. The van der Waals surface area contributed by atoms with Crippen LogP contribution in [-0.2, 0) is 16.1 Å². The highest BCUT2D eigenvalue weighted by Crippen LogP contribution is 2.13. The van der Waals surface area contributed by atoms with Gasteiger partial charge in [0.25, 0.3) is 0 Å². The molecule has 0 aromatic heterocycles. The second kappa shape index (κ2) is 10.9. The zero-order chi connectivity index (χ0) is 20.5. The second-order valence-electron chi connectivity index (χ2n) is 6.96. The fourth-order valence-corrected chi connectivity index (χ4v) is 3.06. The van der Waals surface area contributed by atoms with E-state index in [9.17, 15) is 9.59 Å². The number of benzene rings is 1. The number of rotatable bonds is 7. The van der Waals surface area contributed by atoms with Crippen LogP contribution in [0.3, 0.4) is 0 Å². The third-order valence-corrected chi connectivity index (χ3v) is 5.02. The number of aliphatic imine (C=N–C) groups is 1. The molecule has 1 aliphatic heterocycles. The van der Waals surface area contributed by atoms with Gasteiger partial charge in [0.1, 0.15) is 0 Å². The fraction of sp³-hybridized carbons (Fsp3) is 0.550. The van der Waals surface area contributed by atoms with E-state index in [1.165, 1.54) is 0 Å². The molecule has 0 aliphatic carbocycles.